The fourth-order valence-corrected chi connectivity index (χ4v) is 3.50. The molecule has 0 bridgehead atoms. The molecule has 0 spiro atoms. The maximum absolute atomic E-state index is 5.84. The second kappa shape index (κ2) is 5.93. The van der Waals surface area contributed by atoms with Crippen molar-refractivity contribution in [1.82, 2.24) is 9.80 Å². The monoisotopic (exact) mass is 259 g/mol. The summed E-state index contributed by atoms with van der Waals surface area (Å²) in [5.41, 5.74) is 8.07. The summed E-state index contributed by atoms with van der Waals surface area (Å²) in [5.74, 6) is 0. The van der Waals surface area contributed by atoms with Gasteiger partial charge in [-0.2, -0.15) is 0 Å². The van der Waals surface area contributed by atoms with Crippen LogP contribution in [-0.2, 0) is 6.54 Å². The van der Waals surface area contributed by atoms with Gasteiger partial charge in [0.1, 0.15) is 0 Å². The molecule has 19 heavy (non-hydrogen) atoms. The molecule has 0 radical (unpaired) electrons. The number of nitrogens with zero attached hydrogens (tertiary/aromatic N) is 2. The number of nitrogen functional groups attached to an aromatic ring is 1. The molecule has 2 aliphatic rings. The van der Waals surface area contributed by atoms with Crippen LogP contribution in [0.15, 0.2) is 24.3 Å². The Bertz CT molecular complexity index is 404. The fourth-order valence-electron chi connectivity index (χ4n) is 3.50. The van der Waals surface area contributed by atoms with E-state index in [-0.39, 0.29) is 0 Å². The van der Waals surface area contributed by atoms with Gasteiger partial charge in [-0.1, -0.05) is 12.1 Å². The summed E-state index contributed by atoms with van der Waals surface area (Å²) >= 11 is 0. The molecule has 3 heteroatoms. The maximum atomic E-state index is 5.84. The third kappa shape index (κ3) is 3.28. The summed E-state index contributed by atoms with van der Waals surface area (Å²) in [6, 6.07) is 9.15. The predicted octanol–water partition coefficient (Wildman–Crippen LogP) is 2.33. The second-order valence-corrected chi connectivity index (χ2v) is 6.00. The van der Waals surface area contributed by atoms with Gasteiger partial charge in [0, 0.05) is 18.3 Å². The quantitative estimate of drug-likeness (QED) is 0.846. The normalized spacial score (nSPS) is 22.9. The summed E-state index contributed by atoms with van der Waals surface area (Å²) in [6.45, 7) is 6.18. The number of benzene rings is 1. The van der Waals surface area contributed by atoms with Gasteiger partial charge in [-0.15, -0.1) is 0 Å². The lowest BCUT2D eigenvalue weighted by Gasteiger charge is -2.36. The lowest BCUT2D eigenvalue weighted by Crippen LogP contribution is -2.43. The zero-order valence-corrected chi connectivity index (χ0v) is 11.7. The van der Waals surface area contributed by atoms with E-state index in [0.717, 1.165) is 18.3 Å². The minimum Gasteiger partial charge on any atom is -0.399 e. The van der Waals surface area contributed by atoms with Crippen LogP contribution in [0.25, 0.3) is 0 Å². The Morgan fingerprint density at radius 1 is 1.05 bits per heavy atom. The zero-order valence-electron chi connectivity index (χ0n) is 11.7. The molecule has 0 saturated carbocycles. The Kier molecular flexibility index (Phi) is 4.04. The lowest BCUT2D eigenvalue weighted by atomic mass is 10.0. The van der Waals surface area contributed by atoms with Gasteiger partial charge in [-0.3, -0.25) is 4.90 Å². The highest BCUT2D eigenvalue weighted by Gasteiger charge is 2.26. The number of nitrogens with two attached hydrogens (primary N) is 1. The van der Waals surface area contributed by atoms with Crippen molar-refractivity contribution in [3.05, 3.63) is 29.8 Å². The van der Waals surface area contributed by atoms with E-state index in [1.54, 1.807) is 0 Å². The smallest absolute Gasteiger partial charge is 0.0317 e. The molecule has 0 unspecified atom stereocenters. The van der Waals surface area contributed by atoms with E-state index in [2.05, 4.69) is 28.0 Å². The molecular weight excluding hydrogens is 234 g/mol. The minimum absolute atomic E-state index is 0.847. The summed E-state index contributed by atoms with van der Waals surface area (Å²) in [6.07, 6.45) is 5.48. The third-order valence-electron chi connectivity index (χ3n) is 4.57. The Morgan fingerprint density at radius 2 is 1.79 bits per heavy atom. The van der Waals surface area contributed by atoms with Crippen molar-refractivity contribution in [2.45, 2.75) is 38.3 Å². The molecule has 2 aliphatic heterocycles. The first-order valence-corrected chi connectivity index (χ1v) is 7.62. The first-order chi connectivity index (χ1) is 9.31. The van der Waals surface area contributed by atoms with Crippen LogP contribution in [0.5, 0.6) is 0 Å². The van der Waals surface area contributed by atoms with E-state index < -0.39 is 0 Å². The SMILES string of the molecule is Nc1cccc(CN2CCC(N3CCCC3)CC2)c1. The molecule has 3 nitrogen and oxygen atoms in total. The fraction of sp³-hybridized carbons (Fsp3) is 0.625. The van der Waals surface area contributed by atoms with Crippen molar-refractivity contribution in [2.24, 2.45) is 0 Å². The van der Waals surface area contributed by atoms with Gasteiger partial charge in [0.2, 0.25) is 0 Å². The molecule has 104 valence electrons. The van der Waals surface area contributed by atoms with Crippen LogP contribution in [-0.4, -0.2) is 42.0 Å². The van der Waals surface area contributed by atoms with Gasteiger partial charge in [0.05, 0.1) is 0 Å². The van der Waals surface area contributed by atoms with Crippen LogP contribution in [0.2, 0.25) is 0 Å². The lowest BCUT2D eigenvalue weighted by molar-refractivity contribution is 0.122. The molecule has 3 rings (SSSR count). The zero-order chi connectivity index (χ0) is 13.1. The first-order valence-electron chi connectivity index (χ1n) is 7.62. The molecule has 0 amide bonds. The average molecular weight is 259 g/mol. The van der Waals surface area contributed by atoms with E-state index in [4.69, 9.17) is 5.73 Å². The molecule has 2 N–H and O–H groups in total. The van der Waals surface area contributed by atoms with Gasteiger partial charge in [0.25, 0.3) is 0 Å². The van der Waals surface area contributed by atoms with E-state index in [0.29, 0.717) is 0 Å². The summed E-state index contributed by atoms with van der Waals surface area (Å²) < 4.78 is 0. The van der Waals surface area contributed by atoms with Gasteiger partial charge in [0.15, 0.2) is 0 Å². The van der Waals surface area contributed by atoms with E-state index >= 15 is 0 Å². The number of piperidine rings is 1. The van der Waals surface area contributed by atoms with E-state index in [1.807, 2.05) is 6.07 Å². The largest absolute Gasteiger partial charge is 0.399 e. The topological polar surface area (TPSA) is 32.5 Å². The maximum Gasteiger partial charge on any atom is 0.0317 e. The van der Waals surface area contributed by atoms with Gasteiger partial charge >= 0.3 is 0 Å². The van der Waals surface area contributed by atoms with Crippen LogP contribution in [0.1, 0.15) is 31.2 Å². The molecule has 1 aromatic carbocycles. The van der Waals surface area contributed by atoms with Crippen molar-refractivity contribution in [2.75, 3.05) is 31.9 Å². The number of hydrogen-bond donors (Lipinski definition) is 1. The van der Waals surface area contributed by atoms with Gasteiger partial charge in [-0.05, 0) is 69.6 Å². The second-order valence-electron chi connectivity index (χ2n) is 6.00. The third-order valence-corrected chi connectivity index (χ3v) is 4.57. The van der Waals surface area contributed by atoms with Crippen molar-refractivity contribution in [3.8, 4) is 0 Å². The predicted molar refractivity (Wildman–Crippen MR) is 80.0 cm³/mol. The Morgan fingerprint density at radius 3 is 2.47 bits per heavy atom. The van der Waals surface area contributed by atoms with Crippen molar-refractivity contribution in [3.63, 3.8) is 0 Å². The molecule has 0 atom stereocenters. The van der Waals surface area contributed by atoms with E-state index in [1.165, 1.54) is 57.4 Å². The Hall–Kier alpha value is -1.06. The summed E-state index contributed by atoms with van der Waals surface area (Å²) in [7, 11) is 0. The van der Waals surface area contributed by atoms with Crippen molar-refractivity contribution in [1.29, 1.82) is 0 Å². The number of likely N-dealkylation sites (tertiary alicyclic amines) is 2. The van der Waals surface area contributed by atoms with Crippen LogP contribution in [0.4, 0.5) is 5.69 Å². The van der Waals surface area contributed by atoms with Crippen LogP contribution < -0.4 is 5.73 Å². The minimum atomic E-state index is 0.847. The summed E-state index contributed by atoms with van der Waals surface area (Å²) in [4.78, 5) is 5.28. The Labute approximate surface area is 116 Å². The highest BCUT2D eigenvalue weighted by Crippen LogP contribution is 2.22. The molecule has 0 aromatic heterocycles. The molecule has 1 aromatic rings. The standard InChI is InChI=1S/C16H25N3/c17-15-5-3-4-14(12-15)13-18-10-6-16(7-11-18)19-8-1-2-9-19/h3-5,12,16H,1-2,6-11,13,17H2. The molecule has 2 heterocycles. The van der Waals surface area contributed by atoms with Crippen LogP contribution in [0, 0.1) is 0 Å². The highest BCUT2D eigenvalue weighted by molar-refractivity contribution is 5.40. The molecular formula is C16H25N3. The molecule has 2 saturated heterocycles. The molecule has 2 fully saturated rings. The number of anilines is 1. The van der Waals surface area contributed by atoms with Crippen molar-refractivity contribution < 1.29 is 0 Å². The van der Waals surface area contributed by atoms with Gasteiger partial charge in [-0.25, -0.2) is 0 Å². The average Bonchev–Trinajstić information content (AvgIpc) is 2.94. The number of rotatable bonds is 3. The number of hydrogen-bond acceptors (Lipinski definition) is 3. The molecule has 0 aliphatic carbocycles. The van der Waals surface area contributed by atoms with Gasteiger partial charge < -0.3 is 10.6 Å². The highest BCUT2D eigenvalue weighted by atomic mass is 15.2. The summed E-state index contributed by atoms with van der Waals surface area (Å²) in [5, 5.41) is 0. The Balaban J connectivity index is 1.50. The van der Waals surface area contributed by atoms with Crippen LogP contribution in [0.3, 0.4) is 0 Å². The van der Waals surface area contributed by atoms with Crippen LogP contribution >= 0.6 is 0 Å². The first kappa shape index (κ1) is 12.9. The van der Waals surface area contributed by atoms with Crippen molar-refractivity contribution >= 4 is 5.69 Å². The van der Waals surface area contributed by atoms with E-state index in [9.17, 15) is 0 Å².